The molecule has 1 aromatic carbocycles. The zero-order chi connectivity index (χ0) is 15.7. The Morgan fingerprint density at radius 1 is 1.27 bits per heavy atom. The third-order valence-electron chi connectivity index (χ3n) is 4.49. The van der Waals surface area contributed by atoms with Gasteiger partial charge in [-0.1, -0.05) is 11.6 Å². The highest BCUT2D eigenvalue weighted by Gasteiger charge is 2.39. The Morgan fingerprint density at radius 2 is 2.00 bits per heavy atom. The largest absolute Gasteiger partial charge is 0.341 e. The molecule has 3 aliphatic heterocycles. The highest BCUT2D eigenvalue weighted by Crippen LogP contribution is 2.29. The molecule has 3 heterocycles. The Balaban J connectivity index is 1.61. The van der Waals surface area contributed by atoms with Crippen LogP contribution in [0.4, 0.5) is 0 Å². The lowest BCUT2D eigenvalue weighted by Crippen LogP contribution is -2.45. The molecule has 118 valence electrons. The van der Waals surface area contributed by atoms with Crippen LogP contribution < -0.4 is 0 Å². The van der Waals surface area contributed by atoms with Crippen LogP contribution in [-0.4, -0.2) is 53.5 Å². The summed E-state index contributed by atoms with van der Waals surface area (Å²) < 4.78 is 0. The summed E-state index contributed by atoms with van der Waals surface area (Å²) in [6, 6.07) is 7.67. The van der Waals surface area contributed by atoms with Gasteiger partial charge in [0.1, 0.15) is 0 Å². The molecule has 0 unspecified atom stereocenters. The fraction of sp³-hybridized carbons (Fsp3) is 0.500. The van der Waals surface area contributed by atoms with Gasteiger partial charge < -0.3 is 9.80 Å². The fourth-order valence-electron chi connectivity index (χ4n) is 3.13. The molecule has 0 N–H and O–H groups in total. The fourth-order valence-corrected chi connectivity index (χ4v) is 4.05. The second-order valence-electron chi connectivity index (χ2n) is 5.92. The number of hydrogen-bond donors (Lipinski definition) is 0. The van der Waals surface area contributed by atoms with E-state index < -0.39 is 0 Å². The van der Waals surface area contributed by atoms with Gasteiger partial charge in [-0.05, 0) is 37.1 Å². The van der Waals surface area contributed by atoms with Gasteiger partial charge in [-0.3, -0.25) is 9.59 Å². The maximum Gasteiger partial charge on any atom is 0.233 e. The van der Waals surface area contributed by atoms with Gasteiger partial charge in [0.2, 0.25) is 11.8 Å². The standard InChI is InChI=1S/C16H19ClN2O2S/c1-18-13-5-2-11(16(18)21)8-19(9-13)15(20)10-22-14-6-3-12(17)4-7-14/h3-4,6-7,11,13H,2,5,8-10H2,1H3/t11-,13+/m1/s1. The second-order valence-corrected chi connectivity index (χ2v) is 7.40. The summed E-state index contributed by atoms with van der Waals surface area (Å²) in [5.41, 5.74) is 0. The van der Waals surface area contributed by atoms with Crippen LogP contribution >= 0.6 is 23.4 Å². The summed E-state index contributed by atoms with van der Waals surface area (Å²) >= 11 is 7.37. The van der Waals surface area contributed by atoms with Crippen LogP contribution in [-0.2, 0) is 9.59 Å². The average Bonchev–Trinajstić information content (AvgIpc) is 2.80. The van der Waals surface area contributed by atoms with E-state index >= 15 is 0 Å². The van der Waals surface area contributed by atoms with Crippen molar-refractivity contribution >= 4 is 35.2 Å². The summed E-state index contributed by atoms with van der Waals surface area (Å²) in [7, 11) is 1.86. The van der Waals surface area contributed by atoms with E-state index in [0.29, 0.717) is 23.9 Å². The SMILES string of the molecule is CN1C(=O)[C@@H]2CC[C@H]1CN(C(=O)CSc1ccc(Cl)cc1)C2. The molecule has 0 aromatic heterocycles. The molecule has 1 aromatic rings. The molecule has 4 rings (SSSR count). The Labute approximate surface area is 139 Å². The smallest absolute Gasteiger partial charge is 0.233 e. The van der Waals surface area contributed by atoms with Crippen molar-refractivity contribution in [2.45, 2.75) is 23.8 Å². The van der Waals surface area contributed by atoms with Crippen LogP contribution in [0.3, 0.4) is 0 Å². The van der Waals surface area contributed by atoms with Crippen molar-refractivity contribution in [3.8, 4) is 0 Å². The first-order valence-corrected chi connectivity index (χ1v) is 8.84. The normalized spacial score (nSPS) is 24.5. The molecule has 22 heavy (non-hydrogen) atoms. The Morgan fingerprint density at radius 3 is 2.73 bits per heavy atom. The van der Waals surface area contributed by atoms with Gasteiger partial charge in [0.05, 0.1) is 11.7 Å². The van der Waals surface area contributed by atoms with E-state index in [0.717, 1.165) is 17.7 Å². The van der Waals surface area contributed by atoms with Crippen LogP contribution in [0, 0.1) is 5.92 Å². The van der Waals surface area contributed by atoms with Crippen LogP contribution in [0.25, 0.3) is 0 Å². The topological polar surface area (TPSA) is 40.6 Å². The van der Waals surface area contributed by atoms with Gasteiger partial charge in [-0.25, -0.2) is 0 Å². The predicted molar refractivity (Wildman–Crippen MR) is 88.0 cm³/mol. The Hall–Kier alpha value is -1.20. The molecule has 2 bridgehead atoms. The number of carbonyl (C=O) groups excluding carboxylic acids is 2. The van der Waals surface area contributed by atoms with Crippen molar-refractivity contribution in [1.29, 1.82) is 0 Å². The lowest BCUT2D eigenvalue weighted by molar-refractivity contribution is -0.138. The highest BCUT2D eigenvalue weighted by molar-refractivity contribution is 8.00. The number of rotatable bonds is 3. The Kier molecular flexibility index (Phi) is 4.64. The first kappa shape index (κ1) is 15.7. The van der Waals surface area contributed by atoms with Crippen LogP contribution in [0.5, 0.6) is 0 Å². The lowest BCUT2D eigenvalue weighted by Gasteiger charge is -2.32. The van der Waals surface area contributed by atoms with E-state index in [9.17, 15) is 9.59 Å². The maximum atomic E-state index is 12.5. The lowest BCUT2D eigenvalue weighted by atomic mass is 9.95. The molecule has 0 radical (unpaired) electrons. The van der Waals surface area contributed by atoms with Gasteiger partial charge in [-0.15, -0.1) is 11.8 Å². The summed E-state index contributed by atoms with van der Waals surface area (Å²) in [6.45, 7) is 1.23. The number of halogens is 1. The van der Waals surface area contributed by atoms with E-state index in [2.05, 4.69) is 0 Å². The van der Waals surface area contributed by atoms with Gasteiger partial charge in [0.15, 0.2) is 0 Å². The minimum atomic E-state index is -0.0202. The molecule has 2 amide bonds. The summed E-state index contributed by atoms with van der Waals surface area (Å²) in [6.07, 6.45) is 1.91. The van der Waals surface area contributed by atoms with E-state index in [1.54, 1.807) is 0 Å². The van der Waals surface area contributed by atoms with Crippen molar-refractivity contribution in [3.63, 3.8) is 0 Å². The van der Waals surface area contributed by atoms with Gasteiger partial charge >= 0.3 is 0 Å². The number of thioether (sulfide) groups is 1. The van der Waals surface area contributed by atoms with Crippen LogP contribution in [0.15, 0.2) is 29.2 Å². The molecule has 0 spiro atoms. The molecule has 3 fully saturated rings. The molecule has 3 saturated heterocycles. The molecule has 4 nitrogen and oxygen atoms in total. The maximum absolute atomic E-state index is 12.5. The van der Waals surface area contributed by atoms with Gasteiger partial charge in [-0.2, -0.15) is 0 Å². The number of amides is 2. The molecular weight excluding hydrogens is 320 g/mol. The number of carbonyl (C=O) groups is 2. The summed E-state index contributed by atoms with van der Waals surface area (Å²) in [4.78, 5) is 29.4. The minimum Gasteiger partial charge on any atom is -0.341 e. The van der Waals surface area contributed by atoms with Crippen molar-refractivity contribution in [3.05, 3.63) is 29.3 Å². The first-order valence-electron chi connectivity index (χ1n) is 7.47. The van der Waals surface area contributed by atoms with Crippen molar-refractivity contribution in [2.75, 3.05) is 25.9 Å². The highest BCUT2D eigenvalue weighted by atomic mass is 35.5. The third kappa shape index (κ3) is 3.25. The monoisotopic (exact) mass is 338 g/mol. The molecule has 3 aliphatic rings. The second kappa shape index (κ2) is 6.50. The van der Waals surface area contributed by atoms with Crippen molar-refractivity contribution in [2.24, 2.45) is 5.92 Å². The first-order chi connectivity index (χ1) is 10.5. The average molecular weight is 339 g/mol. The van der Waals surface area contributed by atoms with E-state index in [1.165, 1.54) is 11.8 Å². The van der Waals surface area contributed by atoms with E-state index in [4.69, 9.17) is 11.6 Å². The summed E-state index contributed by atoms with van der Waals surface area (Å²) in [5.74, 6) is 0.684. The van der Waals surface area contributed by atoms with Crippen LogP contribution in [0.1, 0.15) is 12.8 Å². The number of fused-ring (bicyclic) bond motifs is 4. The third-order valence-corrected chi connectivity index (χ3v) is 5.74. The van der Waals surface area contributed by atoms with E-state index in [-0.39, 0.29) is 23.8 Å². The number of nitrogens with zero attached hydrogens (tertiary/aromatic N) is 2. The Bertz CT molecular complexity index is 578. The quantitative estimate of drug-likeness (QED) is 0.795. The molecule has 2 atom stereocenters. The van der Waals surface area contributed by atoms with Crippen molar-refractivity contribution in [1.82, 2.24) is 9.80 Å². The zero-order valence-corrected chi connectivity index (χ0v) is 14.1. The number of benzene rings is 1. The zero-order valence-electron chi connectivity index (χ0n) is 12.5. The molecule has 0 saturated carbocycles. The molecule has 0 aliphatic carbocycles. The number of hydrogen-bond acceptors (Lipinski definition) is 3. The number of piperidine rings is 1. The predicted octanol–water partition coefficient (Wildman–Crippen LogP) is 2.51. The number of likely N-dealkylation sites (N-methyl/N-ethyl adjacent to an activating group) is 1. The van der Waals surface area contributed by atoms with Gasteiger partial charge in [0.25, 0.3) is 0 Å². The molecular formula is C16H19ClN2O2S. The van der Waals surface area contributed by atoms with E-state index in [1.807, 2.05) is 41.1 Å². The minimum absolute atomic E-state index is 0.0202. The van der Waals surface area contributed by atoms with Gasteiger partial charge in [0, 0.05) is 36.1 Å². The van der Waals surface area contributed by atoms with Crippen LogP contribution in [0.2, 0.25) is 5.02 Å². The molecule has 6 heteroatoms. The summed E-state index contributed by atoms with van der Waals surface area (Å²) in [5, 5.41) is 0.696. The van der Waals surface area contributed by atoms with Crippen molar-refractivity contribution < 1.29 is 9.59 Å².